The standard InChI is InChI=1S/C23H28N6O3S/c1-33(30)22-7-6-21(27-28-22)26-16-2-4-18(5-3-16)32-20-15-17(29-10-12-31-13-11-29)14-19-23(20)25-9-8-24-19/h6-9,14-16,18H,2-5,10-13H2,1H3,(H,26,27). The highest BCUT2D eigenvalue weighted by molar-refractivity contribution is 7.90. The van der Waals surface area contributed by atoms with E-state index in [-0.39, 0.29) is 6.10 Å². The summed E-state index contributed by atoms with van der Waals surface area (Å²) in [5, 5.41) is 12.1. The molecular formula is C23H28N6O3S. The number of aromatic nitrogens is 4. The Morgan fingerprint density at radius 1 is 1.06 bits per heavy atom. The zero-order chi connectivity index (χ0) is 22.6. The van der Waals surface area contributed by atoms with Gasteiger partial charge in [0.1, 0.15) is 23.3 Å². The first-order chi connectivity index (χ1) is 16.2. The molecule has 0 bridgehead atoms. The molecule has 174 valence electrons. The molecule has 9 nitrogen and oxygen atoms in total. The molecule has 1 atom stereocenters. The lowest BCUT2D eigenvalue weighted by molar-refractivity contribution is 0.122. The first-order valence-corrected chi connectivity index (χ1v) is 12.9. The van der Waals surface area contributed by atoms with Gasteiger partial charge in [-0.1, -0.05) is 5.10 Å². The van der Waals surface area contributed by atoms with Gasteiger partial charge in [-0.25, -0.2) is 4.98 Å². The van der Waals surface area contributed by atoms with Crippen LogP contribution in [0.15, 0.2) is 41.7 Å². The van der Waals surface area contributed by atoms with Crippen LogP contribution < -0.4 is 15.0 Å². The zero-order valence-electron chi connectivity index (χ0n) is 18.6. The first kappa shape index (κ1) is 22.1. The largest absolute Gasteiger partial charge is 0.610 e. The minimum atomic E-state index is -1.12. The third kappa shape index (κ3) is 5.29. The van der Waals surface area contributed by atoms with Crippen molar-refractivity contribution in [3.63, 3.8) is 0 Å². The maximum Gasteiger partial charge on any atom is 0.263 e. The van der Waals surface area contributed by atoms with E-state index >= 15 is 0 Å². The molecule has 33 heavy (non-hydrogen) atoms. The Bertz CT molecular complexity index is 1070. The van der Waals surface area contributed by atoms with E-state index in [1.165, 1.54) is 0 Å². The van der Waals surface area contributed by atoms with Gasteiger partial charge in [0.25, 0.3) is 5.03 Å². The normalized spacial score (nSPS) is 22.2. The lowest BCUT2D eigenvalue weighted by atomic mass is 9.93. The van der Waals surface area contributed by atoms with Gasteiger partial charge in [0.05, 0.1) is 24.8 Å². The maximum absolute atomic E-state index is 11.5. The van der Waals surface area contributed by atoms with Crippen molar-refractivity contribution in [2.24, 2.45) is 0 Å². The predicted octanol–water partition coefficient (Wildman–Crippen LogP) is 2.80. The molecule has 2 fully saturated rings. The van der Waals surface area contributed by atoms with Gasteiger partial charge in [-0.2, -0.15) is 0 Å². The average Bonchev–Trinajstić information content (AvgIpc) is 2.86. The minimum absolute atomic E-state index is 0.129. The van der Waals surface area contributed by atoms with Crippen LogP contribution in [0.2, 0.25) is 0 Å². The van der Waals surface area contributed by atoms with Gasteiger partial charge >= 0.3 is 0 Å². The molecule has 3 aromatic rings. The number of benzene rings is 1. The number of morpholine rings is 1. The molecule has 1 saturated carbocycles. The van der Waals surface area contributed by atoms with Crippen molar-refractivity contribution >= 4 is 33.7 Å². The third-order valence-corrected chi connectivity index (χ3v) is 6.96. The monoisotopic (exact) mass is 468 g/mol. The molecule has 1 unspecified atom stereocenters. The smallest absolute Gasteiger partial charge is 0.263 e. The van der Waals surface area contributed by atoms with Crippen LogP contribution >= 0.6 is 0 Å². The molecule has 1 N–H and O–H groups in total. The highest BCUT2D eigenvalue weighted by Gasteiger charge is 2.24. The highest BCUT2D eigenvalue weighted by Crippen LogP contribution is 2.33. The van der Waals surface area contributed by atoms with Gasteiger partial charge < -0.3 is 24.2 Å². The Labute approximate surface area is 196 Å². The molecule has 1 aliphatic heterocycles. The van der Waals surface area contributed by atoms with E-state index in [4.69, 9.17) is 9.47 Å². The Kier molecular flexibility index (Phi) is 6.75. The lowest BCUT2D eigenvalue weighted by Gasteiger charge is -2.31. The second-order valence-electron chi connectivity index (χ2n) is 8.41. The van der Waals surface area contributed by atoms with Crippen LogP contribution in [-0.2, 0) is 15.9 Å². The molecular weight excluding hydrogens is 440 g/mol. The van der Waals surface area contributed by atoms with Crippen molar-refractivity contribution in [2.45, 2.75) is 42.9 Å². The quantitative estimate of drug-likeness (QED) is 0.546. The molecule has 0 amide bonds. The van der Waals surface area contributed by atoms with E-state index in [2.05, 4.69) is 42.5 Å². The number of nitrogens with one attached hydrogen (secondary N) is 1. The Balaban J connectivity index is 1.24. The van der Waals surface area contributed by atoms with E-state index in [9.17, 15) is 4.55 Å². The molecule has 0 spiro atoms. The number of rotatable bonds is 6. The van der Waals surface area contributed by atoms with Gasteiger partial charge in [0.15, 0.2) is 0 Å². The fraction of sp³-hybridized carbons (Fsp3) is 0.478. The van der Waals surface area contributed by atoms with Gasteiger partial charge in [-0.15, -0.1) is 5.10 Å². The van der Waals surface area contributed by atoms with Crippen LogP contribution in [0.3, 0.4) is 0 Å². The van der Waals surface area contributed by atoms with E-state index < -0.39 is 11.2 Å². The summed E-state index contributed by atoms with van der Waals surface area (Å²) in [6, 6.07) is 8.10. The van der Waals surface area contributed by atoms with E-state index in [0.29, 0.717) is 16.9 Å². The number of nitrogens with zero attached hydrogens (tertiary/aromatic N) is 5. The number of hydrogen-bond acceptors (Lipinski definition) is 9. The summed E-state index contributed by atoms with van der Waals surface area (Å²) in [4.78, 5) is 11.4. The summed E-state index contributed by atoms with van der Waals surface area (Å²) >= 11 is -1.12. The maximum atomic E-state index is 11.5. The molecule has 1 saturated heterocycles. The number of anilines is 2. The van der Waals surface area contributed by atoms with Crippen LogP contribution in [-0.4, -0.2) is 69.4 Å². The Morgan fingerprint density at radius 2 is 1.85 bits per heavy atom. The van der Waals surface area contributed by atoms with Crippen molar-refractivity contribution in [1.29, 1.82) is 0 Å². The van der Waals surface area contributed by atoms with Crippen molar-refractivity contribution < 1.29 is 14.0 Å². The molecule has 1 aliphatic carbocycles. The molecule has 0 radical (unpaired) electrons. The SMILES string of the molecule is C[S+]([O-])c1ccc(NC2CCC(Oc3cc(N4CCOCC4)cc4nccnc34)CC2)nn1. The van der Waals surface area contributed by atoms with Crippen molar-refractivity contribution in [3.8, 4) is 5.75 Å². The zero-order valence-corrected chi connectivity index (χ0v) is 19.5. The topological polar surface area (TPSA) is 108 Å². The fourth-order valence-corrected chi connectivity index (χ4v) is 4.80. The lowest BCUT2D eigenvalue weighted by Crippen LogP contribution is -2.36. The molecule has 5 rings (SSSR count). The summed E-state index contributed by atoms with van der Waals surface area (Å²) < 4.78 is 23.5. The van der Waals surface area contributed by atoms with Crippen molar-refractivity contribution in [1.82, 2.24) is 20.2 Å². The van der Waals surface area contributed by atoms with Crippen LogP contribution in [0, 0.1) is 0 Å². The second-order valence-corrected chi connectivity index (χ2v) is 9.74. The second kappa shape index (κ2) is 10.1. The van der Waals surface area contributed by atoms with Crippen LogP contribution in [0.25, 0.3) is 11.0 Å². The molecule has 3 heterocycles. The fourth-order valence-electron chi connectivity index (χ4n) is 4.39. The molecule has 2 aliphatic rings. The number of ether oxygens (including phenoxy) is 2. The van der Waals surface area contributed by atoms with Gasteiger partial charge in [0.2, 0.25) is 0 Å². The molecule has 2 aromatic heterocycles. The summed E-state index contributed by atoms with van der Waals surface area (Å²) in [5.74, 6) is 1.51. The first-order valence-electron chi connectivity index (χ1n) is 11.3. The minimum Gasteiger partial charge on any atom is -0.610 e. The van der Waals surface area contributed by atoms with Crippen LogP contribution in [0.1, 0.15) is 25.7 Å². The molecule has 10 heteroatoms. The number of fused-ring (bicyclic) bond motifs is 1. The van der Waals surface area contributed by atoms with Gasteiger partial charge in [-0.05, 0) is 37.8 Å². The summed E-state index contributed by atoms with van der Waals surface area (Å²) in [6.45, 7) is 3.18. The summed E-state index contributed by atoms with van der Waals surface area (Å²) in [7, 11) is 0. The third-order valence-electron chi connectivity index (χ3n) is 6.15. The van der Waals surface area contributed by atoms with Crippen molar-refractivity contribution in [2.75, 3.05) is 42.8 Å². The van der Waals surface area contributed by atoms with Crippen LogP contribution in [0.5, 0.6) is 5.75 Å². The summed E-state index contributed by atoms with van der Waals surface area (Å²) in [6.07, 6.45) is 8.98. The van der Waals surface area contributed by atoms with E-state index in [0.717, 1.165) is 74.5 Å². The van der Waals surface area contributed by atoms with Gasteiger partial charge in [0, 0.05) is 60.5 Å². The van der Waals surface area contributed by atoms with E-state index in [1.807, 2.05) is 6.07 Å². The van der Waals surface area contributed by atoms with Crippen LogP contribution in [0.4, 0.5) is 11.5 Å². The number of hydrogen-bond donors (Lipinski definition) is 1. The summed E-state index contributed by atoms with van der Waals surface area (Å²) in [5.41, 5.74) is 2.76. The highest BCUT2D eigenvalue weighted by atomic mass is 32.2. The Morgan fingerprint density at radius 3 is 2.58 bits per heavy atom. The molecule has 1 aromatic carbocycles. The average molecular weight is 469 g/mol. The van der Waals surface area contributed by atoms with Gasteiger partial charge in [-0.3, -0.25) is 4.98 Å². The Hall–Kier alpha value is -2.69. The van der Waals surface area contributed by atoms with Crippen molar-refractivity contribution in [3.05, 3.63) is 36.7 Å². The van der Waals surface area contributed by atoms with E-state index in [1.54, 1.807) is 24.7 Å². The predicted molar refractivity (Wildman–Crippen MR) is 127 cm³/mol.